The van der Waals surface area contributed by atoms with Gasteiger partial charge in [0.2, 0.25) is 0 Å². The van der Waals surface area contributed by atoms with Crippen LogP contribution in [0.5, 0.6) is 0 Å². The van der Waals surface area contributed by atoms with Gasteiger partial charge in [-0.15, -0.1) is 0 Å². The van der Waals surface area contributed by atoms with E-state index in [1.165, 1.54) is 0 Å². The number of hydrogen-bond acceptors (Lipinski definition) is 6. The number of rotatable bonds is 5. The highest BCUT2D eigenvalue weighted by molar-refractivity contribution is 7.84. The molecule has 7 nitrogen and oxygen atoms in total. The summed E-state index contributed by atoms with van der Waals surface area (Å²) in [6.45, 7) is 9.85. The molecular weight excluding hydrogens is 446 g/mol. The van der Waals surface area contributed by atoms with Gasteiger partial charge >= 0.3 is 10.3 Å². The minimum absolute atomic E-state index is 0.0169. The molecule has 4 rings (SSSR count). The van der Waals surface area contributed by atoms with Gasteiger partial charge in [-0.3, -0.25) is 4.18 Å². The first-order valence-electron chi connectivity index (χ1n) is 10.7. The zero-order chi connectivity index (χ0) is 23.3. The largest absolute Gasteiger partial charge is 0.403 e. The van der Waals surface area contributed by atoms with Crippen molar-refractivity contribution in [1.82, 2.24) is 4.72 Å². The molecule has 0 unspecified atom stereocenters. The summed E-state index contributed by atoms with van der Waals surface area (Å²) in [6, 6.07) is 20.3. The highest BCUT2D eigenvalue weighted by Crippen LogP contribution is 2.41. The number of nitrogens with one attached hydrogen (secondary N) is 1. The third-order valence-corrected chi connectivity index (χ3v) is 12.0. The highest BCUT2D eigenvalue weighted by atomic mass is 32.2. The summed E-state index contributed by atoms with van der Waals surface area (Å²) in [4.78, 5) is 0. The van der Waals surface area contributed by atoms with E-state index in [2.05, 4.69) is 49.8 Å². The van der Waals surface area contributed by atoms with Gasteiger partial charge in [0.1, 0.15) is 6.10 Å². The van der Waals surface area contributed by atoms with Gasteiger partial charge in [0.05, 0.1) is 13.2 Å². The Morgan fingerprint density at radius 2 is 1.56 bits per heavy atom. The van der Waals surface area contributed by atoms with E-state index in [9.17, 15) is 8.42 Å². The van der Waals surface area contributed by atoms with Crippen molar-refractivity contribution in [2.75, 3.05) is 13.2 Å². The van der Waals surface area contributed by atoms with E-state index >= 15 is 0 Å². The van der Waals surface area contributed by atoms with Crippen molar-refractivity contribution in [3.05, 3.63) is 60.7 Å². The third kappa shape index (κ3) is 4.18. The summed E-state index contributed by atoms with van der Waals surface area (Å²) in [6.07, 6.45) is -0.640. The van der Waals surface area contributed by atoms with Crippen molar-refractivity contribution >= 4 is 29.0 Å². The van der Waals surface area contributed by atoms with Crippen LogP contribution in [0.2, 0.25) is 5.04 Å². The van der Waals surface area contributed by atoms with E-state index in [1.807, 2.05) is 36.4 Å². The topological polar surface area (TPSA) is 83.1 Å². The fourth-order valence-corrected chi connectivity index (χ4v) is 10.3. The lowest BCUT2D eigenvalue weighted by Crippen LogP contribution is -2.70. The number of ether oxygens (including phenoxy) is 2. The van der Waals surface area contributed by atoms with E-state index in [1.54, 1.807) is 13.8 Å². The summed E-state index contributed by atoms with van der Waals surface area (Å²) >= 11 is 0. The smallest absolute Gasteiger partial charge is 0.338 e. The minimum atomic E-state index is -4.00. The third-order valence-electron chi connectivity index (χ3n) is 5.97. The first-order valence-corrected chi connectivity index (χ1v) is 14.0. The van der Waals surface area contributed by atoms with Gasteiger partial charge in [0, 0.05) is 0 Å². The van der Waals surface area contributed by atoms with Crippen LogP contribution in [0.15, 0.2) is 60.7 Å². The number of benzene rings is 2. The summed E-state index contributed by atoms with van der Waals surface area (Å²) in [5.41, 5.74) is -1.38. The maximum absolute atomic E-state index is 12.4. The second-order valence-electron chi connectivity index (χ2n) is 9.79. The maximum Gasteiger partial charge on any atom is 0.338 e. The fraction of sp³-hybridized carbons (Fsp3) is 0.478. The molecule has 2 aromatic rings. The monoisotopic (exact) mass is 477 g/mol. The van der Waals surface area contributed by atoms with Gasteiger partial charge in [-0.2, -0.15) is 13.1 Å². The summed E-state index contributed by atoms with van der Waals surface area (Å²) in [5.74, 6) is -0.990. The van der Waals surface area contributed by atoms with Crippen LogP contribution in [-0.4, -0.2) is 47.6 Å². The maximum atomic E-state index is 12.4. The van der Waals surface area contributed by atoms with Crippen LogP contribution in [0.25, 0.3) is 0 Å². The van der Waals surface area contributed by atoms with E-state index in [0.717, 1.165) is 10.4 Å². The quantitative estimate of drug-likeness (QED) is 0.666. The summed E-state index contributed by atoms with van der Waals surface area (Å²) in [5, 5.41) is 1.93. The van der Waals surface area contributed by atoms with Gasteiger partial charge in [-0.25, -0.2) is 0 Å². The first kappa shape index (κ1) is 23.6. The van der Waals surface area contributed by atoms with Crippen LogP contribution in [0.3, 0.4) is 0 Å². The molecule has 0 radical (unpaired) electrons. The predicted molar refractivity (Wildman–Crippen MR) is 124 cm³/mol. The molecule has 2 aromatic carbocycles. The van der Waals surface area contributed by atoms with Crippen LogP contribution in [0.1, 0.15) is 34.6 Å². The van der Waals surface area contributed by atoms with Crippen molar-refractivity contribution in [1.29, 1.82) is 0 Å². The first-order chi connectivity index (χ1) is 14.9. The number of fused-ring (bicyclic) bond motifs is 1. The summed E-state index contributed by atoms with van der Waals surface area (Å²) in [7, 11) is -6.90. The Morgan fingerprint density at radius 1 is 1.03 bits per heavy atom. The Hall–Kier alpha value is -1.59. The molecule has 0 aliphatic carbocycles. The lowest BCUT2D eigenvalue weighted by molar-refractivity contribution is -0.171. The predicted octanol–water partition coefficient (Wildman–Crippen LogP) is 2.28. The van der Waals surface area contributed by atoms with Crippen molar-refractivity contribution in [3.63, 3.8) is 0 Å². The molecule has 9 heteroatoms. The normalized spacial score (nSPS) is 27.1. The lowest BCUT2D eigenvalue weighted by Gasteiger charge is -2.46. The van der Waals surface area contributed by atoms with Crippen LogP contribution < -0.4 is 15.1 Å². The second kappa shape index (κ2) is 8.02. The average molecular weight is 478 g/mol. The van der Waals surface area contributed by atoms with Crippen LogP contribution in [0.4, 0.5) is 0 Å². The highest BCUT2D eigenvalue weighted by Gasteiger charge is 2.61. The summed E-state index contributed by atoms with van der Waals surface area (Å²) < 4.78 is 51.3. The Labute approximate surface area is 191 Å². The van der Waals surface area contributed by atoms with E-state index < -0.39 is 36.2 Å². The molecular formula is C23H31NO6SSi. The van der Waals surface area contributed by atoms with Crippen LogP contribution in [0, 0.1) is 0 Å². The van der Waals surface area contributed by atoms with Crippen LogP contribution in [-0.2, 0) is 28.4 Å². The second-order valence-corrected chi connectivity index (χ2v) is 15.4. The average Bonchev–Trinajstić information content (AvgIpc) is 2.97. The van der Waals surface area contributed by atoms with E-state index in [-0.39, 0.29) is 18.3 Å². The molecule has 2 aliphatic heterocycles. The fourth-order valence-electron chi connectivity index (χ4n) is 4.74. The van der Waals surface area contributed by atoms with Crippen molar-refractivity contribution in [2.24, 2.45) is 0 Å². The lowest BCUT2D eigenvalue weighted by atomic mass is 10.1. The molecule has 32 heavy (non-hydrogen) atoms. The molecule has 2 atom stereocenters. The SMILES string of the molecule is CC1(C)O[C@H]2COS(=O)(=O)N[C@@]2(CO[Si](c2ccccc2)(c2ccccc2)C(C)(C)C)O1. The van der Waals surface area contributed by atoms with Gasteiger partial charge in [-0.1, -0.05) is 81.4 Å². The van der Waals surface area contributed by atoms with Gasteiger partial charge in [0.25, 0.3) is 8.32 Å². The van der Waals surface area contributed by atoms with Gasteiger partial charge < -0.3 is 13.9 Å². The molecule has 2 fully saturated rings. The molecule has 2 saturated heterocycles. The number of hydrogen-bond donors (Lipinski definition) is 1. The zero-order valence-electron chi connectivity index (χ0n) is 19.1. The van der Waals surface area contributed by atoms with Gasteiger partial charge in [-0.05, 0) is 29.3 Å². The Kier molecular flexibility index (Phi) is 5.90. The molecule has 0 bridgehead atoms. The zero-order valence-corrected chi connectivity index (χ0v) is 20.9. The molecule has 174 valence electrons. The molecule has 0 spiro atoms. The van der Waals surface area contributed by atoms with Gasteiger partial charge in [0.15, 0.2) is 11.5 Å². The van der Waals surface area contributed by atoms with E-state index in [4.69, 9.17) is 18.1 Å². The Bertz CT molecular complexity index is 1020. The molecule has 0 aromatic heterocycles. The molecule has 0 amide bonds. The van der Waals surface area contributed by atoms with Crippen molar-refractivity contribution in [2.45, 2.75) is 57.3 Å². The van der Waals surface area contributed by atoms with Crippen molar-refractivity contribution in [3.8, 4) is 0 Å². The molecule has 0 saturated carbocycles. The minimum Gasteiger partial charge on any atom is -0.403 e. The van der Waals surface area contributed by atoms with E-state index in [0.29, 0.717) is 0 Å². The standard InChI is InChI=1S/C23H31NO6SSi/c1-21(2,3)32(18-12-8-6-9-13-18,19-14-10-7-11-15-19)28-17-23-20(29-22(4,5)30-23)16-27-31(25,26)24-23/h6-15,20,24H,16-17H2,1-5H3/t20-,23-/m0/s1. The Morgan fingerprint density at radius 3 is 2.06 bits per heavy atom. The van der Waals surface area contributed by atoms with Crippen molar-refractivity contribution < 1.29 is 26.5 Å². The molecule has 1 N–H and O–H groups in total. The Balaban J connectivity index is 1.82. The van der Waals surface area contributed by atoms with Crippen LogP contribution >= 0.6 is 0 Å². The molecule has 2 aliphatic rings. The molecule has 2 heterocycles.